The molecule has 0 bridgehead atoms. The molecule has 0 saturated heterocycles. The summed E-state index contributed by atoms with van der Waals surface area (Å²) in [5.74, 6) is 0. The molecule has 0 spiro atoms. The van der Waals surface area contributed by atoms with Gasteiger partial charge in [0, 0.05) is 20.6 Å². The van der Waals surface area contributed by atoms with Crippen LogP contribution in [0.1, 0.15) is 39.8 Å². The van der Waals surface area contributed by atoms with Crippen LogP contribution < -0.4 is 0 Å². The number of aryl methyl sites for hydroxylation is 2. The predicted molar refractivity (Wildman–Crippen MR) is 83.8 cm³/mol. The van der Waals surface area contributed by atoms with Crippen LogP contribution in [0.2, 0.25) is 0 Å². The third-order valence-corrected chi connectivity index (χ3v) is 5.83. The molecule has 1 aliphatic carbocycles. The van der Waals surface area contributed by atoms with Gasteiger partial charge in [-0.2, -0.15) is 0 Å². The summed E-state index contributed by atoms with van der Waals surface area (Å²) >= 11 is 5.35. The first-order chi connectivity index (χ1) is 9.24. The summed E-state index contributed by atoms with van der Waals surface area (Å²) in [4.78, 5) is 2.62. The van der Waals surface area contributed by atoms with Crippen molar-refractivity contribution in [2.45, 2.75) is 38.2 Å². The summed E-state index contributed by atoms with van der Waals surface area (Å²) in [5.41, 5.74) is 2.64. The molecule has 19 heavy (non-hydrogen) atoms. The van der Waals surface area contributed by atoms with Crippen molar-refractivity contribution in [3.8, 4) is 0 Å². The molecular weight excluding hydrogens is 320 g/mol. The maximum absolute atomic E-state index is 10.4. The highest BCUT2D eigenvalue weighted by molar-refractivity contribution is 9.10. The minimum absolute atomic E-state index is 0.380. The van der Waals surface area contributed by atoms with Gasteiger partial charge in [0.1, 0.15) is 0 Å². The monoisotopic (exact) mass is 336 g/mol. The number of aliphatic hydroxyl groups is 1. The average molecular weight is 337 g/mol. The van der Waals surface area contributed by atoms with E-state index in [1.807, 2.05) is 18.2 Å². The molecule has 0 fully saturated rings. The zero-order chi connectivity index (χ0) is 13.2. The van der Waals surface area contributed by atoms with Crippen molar-refractivity contribution < 1.29 is 5.11 Å². The largest absolute Gasteiger partial charge is 0.387 e. The Morgan fingerprint density at radius 1 is 1.21 bits per heavy atom. The lowest BCUT2D eigenvalue weighted by Crippen LogP contribution is -2.00. The maximum atomic E-state index is 10.4. The van der Waals surface area contributed by atoms with Crippen LogP contribution in [-0.4, -0.2) is 5.11 Å². The van der Waals surface area contributed by atoms with E-state index in [0.29, 0.717) is 6.42 Å². The summed E-state index contributed by atoms with van der Waals surface area (Å²) in [5, 5.41) is 10.4. The molecule has 1 aliphatic rings. The Kier molecular flexibility index (Phi) is 4.06. The molecule has 3 heteroatoms. The van der Waals surface area contributed by atoms with Crippen molar-refractivity contribution in [3.05, 3.63) is 55.7 Å². The molecule has 0 saturated carbocycles. The van der Waals surface area contributed by atoms with Gasteiger partial charge in [-0.05, 0) is 48.9 Å². The van der Waals surface area contributed by atoms with Crippen molar-refractivity contribution in [2.75, 3.05) is 0 Å². The lowest BCUT2D eigenvalue weighted by molar-refractivity contribution is 0.182. The highest BCUT2D eigenvalue weighted by Crippen LogP contribution is 2.34. The second-order valence-electron chi connectivity index (χ2n) is 5.12. The lowest BCUT2D eigenvalue weighted by atomic mass is 9.98. The molecular formula is C16H17BrOS. The van der Waals surface area contributed by atoms with E-state index in [1.54, 1.807) is 11.3 Å². The summed E-state index contributed by atoms with van der Waals surface area (Å²) in [6.45, 7) is 0. The van der Waals surface area contributed by atoms with Crippen LogP contribution in [0.3, 0.4) is 0 Å². The van der Waals surface area contributed by atoms with Gasteiger partial charge < -0.3 is 5.11 Å². The first kappa shape index (κ1) is 13.3. The van der Waals surface area contributed by atoms with E-state index in [2.05, 4.69) is 28.1 Å². The van der Waals surface area contributed by atoms with E-state index in [4.69, 9.17) is 0 Å². The van der Waals surface area contributed by atoms with Crippen LogP contribution in [0.5, 0.6) is 0 Å². The molecule has 1 aromatic carbocycles. The average Bonchev–Trinajstić information content (AvgIpc) is 2.85. The topological polar surface area (TPSA) is 20.2 Å². The van der Waals surface area contributed by atoms with E-state index in [0.717, 1.165) is 9.35 Å². The Hall–Kier alpha value is -0.640. The fraction of sp³-hybridized carbons (Fsp3) is 0.375. The Morgan fingerprint density at radius 2 is 2.00 bits per heavy atom. The van der Waals surface area contributed by atoms with E-state index in [-0.39, 0.29) is 6.10 Å². The van der Waals surface area contributed by atoms with Crippen LogP contribution in [0, 0.1) is 0 Å². The second-order valence-corrected chi connectivity index (χ2v) is 7.14. The van der Waals surface area contributed by atoms with Gasteiger partial charge in [0.2, 0.25) is 0 Å². The number of benzene rings is 1. The fourth-order valence-corrected chi connectivity index (χ4v) is 4.34. The van der Waals surface area contributed by atoms with Crippen LogP contribution in [0.15, 0.2) is 34.8 Å². The quantitative estimate of drug-likeness (QED) is 0.863. The number of thiophene rings is 1. The minimum Gasteiger partial charge on any atom is -0.387 e. The Bertz CT molecular complexity index is 552. The van der Waals surface area contributed by atoms with Gasteiger partial charge in [0.25, 0.3) is 0 Å². The Labute approximate surface area is 126 Å². The van der Waals surface area contributed by atoms with Gasteiger partial charge in [-0.25, -0.2) is 0 Å². The predicted octanol–water partition coefficient (Wildman–Crippen LogP) is 4.67. The van der Waals surface area contributed by atoms with Crippen LogP contribution in [0.4, 0.5) is 0 Å². The summed E-state index contributed by atoms with van der Waals surface area (Å²) in [6, 6.07) is 10.3. The number of halogens is 1. The van der Waals surface area contributed by atoms with E-state index >= 15 is 0 Å². The zero-order valence-electron chi connectivity index (χ0n) is 10.7. The van der Waals surface area contributed by atoms with Gasteiger partial charge in [-0.15, -0.1) is 11.3 Å². The molecule has 1 nitrogen and oxygen atoms in total. The Morgan fingerprint density at radius 3 is 2.79 bits per heavy atom. The fourth-order valence-electron chi connectivity index (χ4n) is 2.65. The third kappa shape index (κ3) is 2.93. The third-order valence-electron chi connectivity index (χ3n) is 3.72. The molecule has 1 atom stereocenters. The van der Waals surface area contributed by atoms with Gasteiger partial charge in [-0.1, -0.05) is 34.1 Å². The molecule has 0 radical (unpaired) electrons. The summed E-state index contributed by atoms with van der Waals surface area (Å²) in [6.07, 6.45) is 5.28. The number of rotatable bonds is 3. The smallest absolute Gasteiger partial charge is 0.0922 e. The van der Waals surface area contributed by atoms with Crippen molar-refractivity contribution in [3.63, 3.8) is 0 Å². The number of aliphatic hydroxyl groups excluding tert-OH is 1. The number of hydrogen-bond acceptors (Lipinski definition) is 2. The molecule has 0 aliphatic heterocycles. The SMILES string of the molecule is OC(Cc1ccccc1Br)c1cc2c(s1)CCCC2. The molecule has 1 N–H and O–H groups in total. The van der Waals surface area contributed by atoms with Crippen LogP contribution in [-0.2, 0) is 19.3 Å². The molecule has 1 aromatic heterocycles. The van der Waals surface area contributed by atoms with Gasteiger partial charge in [-0.3, -0.25) is 0 Å². The van der Waals surface area contributed by atoms with Crippen LogP contribution in [0.25, 0.3) is 0 Å². The van der Waals surface area contributed by atoms with Gasteiger partial charge in [0.05, 0.1) is 6.10 Å². The molecule has 0 amide bonds. The van der Waals surface area contributed by atoms with E-state index < -0.39 is 0 Å². The van der Waals surface area contributed by atoms with Crippen LogP contribution >= 0.6 is 27.3 Å². The van der Waals surface area contributed by atoms with Crippen molar-refractivity contribution in [1.29, 1.82) is 0 Å². The molecule has 1 unspecified atom stereocenters. The molecule has 100 valence electrons. The first-order valence-electron chi connectivity index (χ1n) is 6.77. The standard InChI is InChI=1S/C16H17BrOS/c17-13-7-3-1-5-11(13)9-14(18)16-10-12-6-2-4-8-15(12)19-16/h1,3,5,7,10,14,18H,2,4,6,8-9H2. The maximum Gasteiger partial charge on any atom is 0.0922 e. The summed E-state index contributed by atoms with van der Waals surface area (Å²) < 4.78 is 1.08. The molecule has 2 aromatic rings. The number of fused-ring (bicyclic) bond motifs is 1. The molecule has 1 heterocycles. The normalized spacial score (nSPS) is 16.1. The Balaban J connectivity index is 1.79. The van der Waals surface area contributed by atoms with Gasteiger partial charge >= 0.3 is 0 Å². The van der Waals surface area contributed by atoms with Crippen molar-refractivity contribution in [2.24, 2.45) is 0 Å². The minimum atomic E-state index is -0.380. The first-order valence-corrected chi connectivity index (χ1v) is 8.38. The highest BCUT2D eigenvalue weighted by atomic mass is 79.9. The number of hydrogen-bond donors (Lipinski definition) is 1. The van der Waals surface area contributed by atoms with Crippen molar-refractivity contribution in [1.82, 2.24) is 0 Å². The summed E-state index contributed by atoms with van der Waals surface area (Å²) in [7, 11) is 0. The zero-order valence-corrected chi connectivity index (χ0v) is 13.1. The lowest BCUT2D eigenvalue weighted by Gasteiger charge is -2.10. The molecule has 3 rings (SSSR count). The highest BCUT2D eigenvalue weighted by Gasteiger charge is 2.18. The van der Waals surface area contributed by atoms with E-state index in [1.165, 1.54) is 41.7 Å². The van der Waals surface area contributed by atoms with Gasteiger partial charge in [0.15, 0.2) is 0 Å². The van der Waals surface area contributed by atoms with Crippen molar-refractivity contribution >= 4 is 27.3 Å². The second kappa shape index (κ2) is 5.78. The van der Waals surface area contributed by atoms with E-state index in [9.17, 15) is 5.11 Å².